The maximum absolute atomic E-state index is 12.7. The average molecular weight is 402 g/mol. The van der Waals surface area contributed by atoms with Gasteiger partial charge in [0.15, 0.2) is 11.6 Å². The molecule has 7 heteroatoms. The van der Waals surface area contributed by atoms with Crippen molar-refractivity contribution in [2.24, 2.45) is 15.8 Å². The monoisotopic (exact) mass is 402 g/mol. The van der Waals surface area contributed by atoms with Crippen LogP contribution in [0.5, 0.6) is 0 Å². The van der Waals surface area contributed by atoms with E-state index in [4.69, 9.17) is 9.63 Å². The summed E-state index contributed by atoms with van der Waals surface area (Å²) < 4.78 is 5.41. The number of aryl methyl sites for hydroxylation is 1. The molecule has 0 amide bonds. The van der Waals surface area contributed by atoms with Crippen LogP contribution in [0, 0.1) is 10.8 Å². The van der Waals surface area contributed by atoms with Crippen molar-refractivity contribution in [1.82, 2.24) is 5.16 Å². The smallest absolute Gasteiger partial charge is 0.168 e. The number of aliphatic hydroxyl groups excluding tert-OH is 2. The summed E-state index contributed by atoms with van der Waals surface area (Å²) in [5, 5.41) is 23.9. The molecule has 3 rings (SSSR count). The third-order valence-electron chi connectivity index (χ3n) is 5.53. The number of ketones is 2. The molecule has 2 N–H and O–H groups in total. The second kappa shape index (κ2) is 7.86. The van der Waals surface area contributed by atoms with Gasteiger partial charge in [-0.2, -0.15) is 0 Å². The van der Waals surface area contributed by atoms with Gasteiger partial charge in [0.2, 0.25) is 0 Å². The molecule has 158 valence electrons. The summed E-state index contributed by atoms with van der Waals surface area (Å²) in [5.41, 5.74) is 1.47. The zero-order valence-electron chi connectivity index (χ0n) is 17.7. The van der Waals surface area contributed by atoms with E-state index in [1.54, 1.807) is 0 Å². The number of Topliss-reactive ketones (excluding diaryl/α,β-unsaturated/α-hetero) is 2. The van der Waals surface area contributed by atoms with Crippen LogP contribution in [-0.2, 0) is 17.6 Å². The highest BCUT2D eigenvalue weighted by molar-refractivity contribution is 6.24. The minimum absolute atomic E-state index is 0.0142. The van der Waals surface area contributed by atoms with E-state index in [-0.39, 0.29) is 53.3 Å². The van der Waals surface area contributed by atoms with Gasteiger partial charge in [-0.15, -0.1) is 0 Å². The van der Waals surface area contributed by atoms with Crippen molar-refractivity contribution in [2.45, 2.75) is 66.2 Å². The SMILES string of the molecule is CC1(C)CC(=O)/C(=C(\O)CCc2noc3c2C(=O)CC(C)(C)C3)C(=NCCO)C1. The molecule has 1 fully saturated rings. The molecule has 0 saturated heterocycles. The van der Waals surface area contributed by atoms with Gasteiger partial charge in [-0.1, -0.05) is 32.9 Å². The van der Waals surface area contributed by atoms with Crippen LogP contribution >= 0.6 is 0 Å². The van der Waals surface area contributed by atoms with Crippen LogP contribution in [0.15, 0.2) is 20.8 Å². The Morgan fingerprint density at radius 1 is 1.07 bits per heavy atom. The largest absolute Gasteiger partial charge is 0.511 e. The molecule has 0 aliphatic heterocycles. The van der Waals surface area contributed by atoms with Crippen LogP contribution in [0.25, 0.3) is 0 Å². The quantitative estimate of drug-likeness (QED) is 0.576. The van der Waals surface area contributed by atoms with Crippen molar-refractivity contribution >= 4 is 17.3 Å². The van der Waals surface area contributed by atoms with E-state index in [0.29, 0.717) is 54.8 Å². The van der Waals surface area contributed by atoms with E-state index in [0.717, 1.165) is 0 Å². The lowest BCUT2D eigenvalue weighted by atomic mass is 9.73. The second-order valence-electron chi connectivity index (χ2n) is 9.68. The Labute approximate surface area is 170 Å². The van der Waals surface area contributed by atoms with Crippen LogP contribution in [0.4, 0.5) is 0 Å². The van der Waals surface area contributed by atoms with E-state index in [1.165, 1.54) is 0 Å². The average Bonchev–Trinajstić information content (AvgIpc) is 2.98. The summed E-state index contributed by atoms with van der Waals surface area (Å²) in [7, 11) is 0. The molecular weight excluding hydrogens is 372 g/mol. The predicted molar refractivity (Wildman–Crippen MR) is 108 cm³/mol. The molecule has 29 heavy (non-hydrogen) atoms. The topological polar surface area (TPSA) is 113 Å². The Kier molecular flexibility index (Phi) is 5.81. The van der Waals surface area contributed by atoms with Crippen molar-refractivity contribution in [1.29, 1.82) is 0 Å². The van der Waals surface area contributed by atoms with Gasteiger partial charge in [0.05, 0.1) is 30.0 Å². The van der Waals surface area contributed by atoms with Crippen molar-refractivity contribution < 1.29 is 24.3 Å². The van der Waals surface area contributed by atoms with Crippen molar-refractivity contribution in [3.8, 4) is 0 Å². The van der Waals surface area contributed by atoms with Crippen LogP contribution in [0.1, 0.15) is 75.2 Å². The van der Waals surface area contributed by atoms with Gasteiger partial charge in [0.1, 0.15) is 11.5 Å². The summed E-state index contributed by atoms with van der Waals surface area (Å²) >= 11 is 0. The number of aliphatic hydroxyl groups is 2. The number of hydrogen-bond donors (Lipinski definition) is 2. The summed E-state index contributed by atoms with van der Waals surface area (Å²) in [6.07, 6.45) is 2.47. The van der Waals surface area contributed by atoms with E-state index in [2.05, 4.69) is 10.1 Å². The minimum Gasteiger partial charge on any atom is -0.511 e. The van der Waals surface area contributed by atoms with Crippen LogP contribution in [0.2, 0.25) is 0 Å². The van der Waals surface area contributed by atoms with Crippen molar-refractivity contribution in [3.05, 3.63) is 28.3 Å². The molecule has 0 aromatic carbocycles. The number of nitrogens with zero attached hydrogens (tertiary/aromatic N) is 2. The number of fused-ring (bicyclic) bond motifs is 1. The number of carbonyl (C=O) groups is 2. The zero-order chi connectivity index (χ0) is 21.4. The van der Waals surface area contributed by atoms with E-state index in [1.807, 2.05) is 27.7 Å². The lowest BCUT2D eigenvalue weighted by Gasteiger charge is -2.31. The molecule has 1 aromatic rings. The summed E-state index contributed by atoms with van der Waals surface area (Å²) in [4.78, 5) is 29.6. The predicted octanol–water partition coefficient (Wildman–Crippen LogP) is 3.40. The van der Waals surface area contributed by atoms with E-state index >= 15 is 0 Å². The molecule has 1 heterocycles. The maximum atomic E-state index is 12.7. The first-order valence-corrected chi connectivity index (χ1v) is 10.1. The van der Waals surface area contributed by atoms with Gasteiger partial charge in [0, 0.05) is 37.8 Å². The molecule has 2 aliphatic carbocycles. The zero-order valence-corrected chi connectivity index (χ0v) is 17.7. The Morgan fingerprint density at radius 2 is 1.72 bits per heavy atom. The molecule has 0 atom stereocenters. The van der Waals surface area contributed by atoms with Gasteiger partial charge in [0.25, 0.3) is 0 Å². The molecule has 0 radical (unpaired) electrons. The van der Waals surface area contributed by atoms with Gasteiger partial charge in [-0.3, -0.25) is 14.6 Å². The van der Waals surface area contributed by atoms with Gasteiger partial charge in [-0.05, 0) is 17.3 Å². The molecule has 7 nitrogen and oxygen atoms in total. The molecule has 1 saturated carbocycles. The maximum Gasteiger partial charge on any atom is 0.168 e. The highest BCUT2D eigenvalue weighted by atomic mass is 16.5. The van der Waals surface area contributed by atoms with Crippen LogP contribution < -0.4 is 0 Å². The Hall–Kier alpha value is -2.28. The van der Waals surface area contributed by atoms with Crippen molar-refractivity contribution in [2.75, 3.05) is 13.2 Å². The normalized spacial score (nSPS) is 24.0. The standard InChI is InChI=1S/C22H30N2O5/c1-21(2)9-14(23-7-8-25)19(16(27)10-21)15(26)6-5-13-20-17(28)11-22(3,4)12-18(20)29-24-13/h25-26H,5-12H2,1-4H3/b19-15-,23-14?. The van der Waals surface area contributed by atoms with Crippen LogP contribution in [0.3, 0.4) is 0 Å². The van der Waals surface area contributed by atoms with E-state index in [9.17, 15) is 14.7 Å². The molecular formula is C22H30N2O5. The first kappa shape index (κ1) is 21.4. The van der Waals surface area contributed by atoms with Crippen molar-refractivity contribution in [3.63, 3.8) is 0 Å². The number of allylic oxidation sites excluding steroid dienone is 2. The highest BCUT2D eigenvalue weighted by Crippen LogP contribution is 2.38. The van der Waals surface area contributed by atoms with Gasteiger partial charge >= 0.3 is 0 Å². The lowest BCUT2D eigenvalue weighted by Crippen LogP contribution is -2.33. The Bertz CT molecular complexity index is 889. The lowest BCUT2D eigenvalue weighted by molar-refractivity contribution is -0.117. The molecule has 1 aromatic heterocycles. The number of rotatable bonds is 5. The van der Waals surface area contributed by atoms with Gasteiger partial charge < -0.3 is 14.7 Å². The van der Waals surface area contributed by atoms with Gasteiger partial charge in [-0.25, -0.2) is 0 Å². The first-order chi connectivity index (χ1) is 13.5. The third-order valence-corrected chi connectivity index (χ3v) is 5.53. The number of hydrogen-bond acceptors (Lipinski definition) is 7. The summed E-state index contributed by atoms with van der Waals surface area (Å²) in [6.45, 7) is 8.10. The fourth-order valence-electron chi connectivity index (χ4n) is 4.29. The number of aliphatic imine (C=N–C) groups is 1. The minimum atomic E-state index is -0.237. The first-order valence-electron chi connectivity index (χ1n) is 10.1. The fraction of sp³-hybridized carbons (Fsp3) is 0.636. The highest BCUT2D eigenvalue weighted by Gasteiger charge is 2.38. The molecule has 0 unspecified atom stereocenters. The Balaban J connectivity index is 1.83. The summed E-state index contributed by atoms with van der Waals surface area (Å²) in [5.74, 6) is 0.437. The number of aromatic nitrogens is 1. The van der Waals surface area contributed by atoms with Crippen LogP contribution in [-0.4, -0.2) is 45.8 Å². The second-order valence-corrected chi connectivity index (χ2v) is 9.68. The third kappa shape index (κ3) is 4.66. The number of carbonyl (C=O) groups excluding carboxylic acids is 2. The molecule has 0 bridgehead atoms. The molecule has 0 spiro atoms. The Morgan fingerprint density at radius 3 is 2.41 bits per heavy atom. The van der Waals surface area contributed by atoms with E-state index < -0.39 is 0 Å². The fourth-order valence-corrected chi connectivity index (χ4v) is 4.29. The molecule has 2 aliphatic rings. The summed E-state index contributed by atoms with van der Waals surface area (Å²) in [6, 6.07) is 0.